The minimum absolute atomic E-state index is 0.00203. The van der Waals surface area contributed by atoms with E-state index in [1.807, 2.05) is 18.2 Å². The van der Waals surface area contributed by atoms with Gasteiger partial charge in [0.15, 0.2) is 0 Å². The SMILES string of the molecule is CC(Nc1cc(N2CCC(N3CCCC(C(N)=O)C3)CC2)ccc1Cl)c1ccc(Cl)cc1Cl. The van der Waals surface area contributed by atoms with E-state index < -0.39 is 0 Å². The Balaban J connectivity index is 1.39. The molecule has 0 saturated carbocycles. The fraction of sp³-hybridized carbons (Fsp3) is 0.480. The van der Waals surface area contributed by atoms with Crippen LogP contribution < -0.4 is 16.0 Å². The molecule has 1 amide bonds. The maximum absolute atomic E-state index is 11.6. The number of hydrogen-bond acceptors (Lipinski definition) is 4. The number of carbonyl (C=O) groups is 1. The Kier molecular flexibility index (Phi) is 7.95. The number of anilines is 2. The van der Waals surface area contributed by atoms with Crippen LogP contribution >= 0.6 is 34.8 Å². The summed E-state index contributed by atoms with van der Waals surface area (Å²) in [5.41, 5.74) is 8.58. The van der Waals surface area contributed by atoms with E-state index in [0.29, 0.717) is 21.1 Å². The molecule has 178 valence electrons. The van der Waals surface area contributed by atoms with E-state index >= 15 is 0 Å². The highest BCUT2D eigenvalue weighted by atomic mass is 35.5. The van der Waals surface area contributed by atoms with E-state index in [1.54, 1.807) is 6.07 Å². The van der Waals surface area contributed by atoms with Crippen molar-refractivity contribution in [3.05, 3.63) is 57.0 Å². The summed E-state index contributed by atoms with van der Waals surface area (Å²) >= 11 is 18.9. The lowest BCUT2D eigenvalue weighted by molar-refractivity contribution is -0.123. The van der Waals surface area contributed by atoms with Crippen molar-refractivity contribution in [1.82, 2.24) is 4.90 Å². The van der Waals surface area contributed by atoms with Crippen molar-refractivity contribution in [3.63, 3.8) is 0 Å². The van der Waals surface area contributed by atoms with Crippen molar-refractivity contribution < 1.29 is 4.79 Å². The second kappa shape index (κ2) is 10.7. The standard InChI is InChI=1S/C25H31Cl3N4O/c1-16(21-6-4-18(26)13-23(21)28)30-24-14-20(5-7-22(24)27)31-11-8-19(9-12-31)32-10-2-3-17(15-32)25(29)33/h4-7,13-14,16-17,19,30H,2-3,8-12,15H2,1H3,(H2,29,33). The summed E-state index contributed by atoms with van der Waals surface area (Å²) in [4.78, 5) is 16.5. The first-order chi connectivity index (χ1) is 15.8. The Morgan fingerprint density at radius 3 is 2.48 bits per heavy atom. The van der Waals surface area contributed by atoms with Gasteiger partial charge in [0.25, 0.3) is 0 Å². The average molecular weight is 510 g/mol. The lowest BCUT2D eigenvalue weighted by atomic mass is 9.93. The van der Waals surface area contributed by atoms with Crippen LogP contribution in [0, 0.1) is 5.92 Å². The Hall–Kier alpha value is -1.66. The molecule has 33 heavy (non-hydrogen) atoms. The molecule has 3 N–H and O–H groups in total. The molecule has 2 saturated heterocycles. The van der Waals surface area contributed by atoms with Crippen molar-refractivity contribution in [1.29, 1.82) is 0 Å². The lowest BCUT2D eigenvalue weighted by Gasteiger charge is -2.42. The average Bonchev–Trinajstić information content (AvgIpc) is 2.80. The van der Waals surface area contributed by atoms with Crippen LogP contribution in [0.15, 0.2) is 36.4 Å². The number of likely N-dealkylation sites (tertiary alicyclic amines) is 1. The van der Waals surface area contributed by atoms with Crippen LogP contribution in [0.25, 0.3) is 0 Å². The van der Waals surface area contributed by atoms with Gasteiger partial charge in [0, 0.05) is 41.4 Å². The molecule has 2 heterocycles. The molecule has 2 aliphatic rings. The first kappa shape index (κ1) is 24.5. The molecule has 4 rings (SSSR count). The summed E-state index contributed by atoms with van der Waals surface area (Å²) in [5, 5.41) is 5.43. The Labute approximate surface area is 211 Å². The zero-order valence-electron chi connectivity index (χ0n) is 18.9. The van der Waals surface area contributed by atoms with E-state index in [1.165, 1.54) is 0 Å². The zero-order chi connectivity index (χ0) is 23.5. The second-order valence-electron chi connectivity index (χ2n) is 9.15. The summed E-state index contributed by atoms with van der Waals surface area (Å²) in [6.07, 6.45) is 4.13. The predicted octanol–water partition coefficient (Wildman–Crippen LogP) is 5.99. The van der Waals surface area contributed by atoms with Gasteiger partial charge in [0.2, 0.25) is 5.91 Å². The lowest BCUT2D eigenvalue weighted by Crippen LogP contribution is -2.50. The van der Waals surface area contributed by atoms with Gasteiger partial charge in [-0.25, -0.2) is 0 Å². The largest absolute Gasteiger partial charge is 0.377 e. The molecular weight excluding hydrogens is 479 g/mol. The minimum Gasteiger partial charge on any atom is -0.377 e. The van der Waals surface area contributed by atoms with Crippen molar-refractivity contribution in [2.45, 2.75) is 44.7 Å². The van der Waals surface area contributed by atoms with Crippen molar-refractivity contribution >= 4 is 52.1 Å². The quantitative estimate of drug-likeness (QED) is 0.502. The van der Waals surface area contributed by atoms with Crippen molar-refractivity contribution in [2.24, 2.45) is 11.7 Å². The molecule has 2 atom stereocenters. The summed E-state index contributed by atoms with van der Waals surface area (Å²) in [6.45, 7) is 5.88. The molecule has 0 bridgehead atoms. The third kappa shape index (κ3) is 5.89. The van der Waals surface area contributed by atoms with Gasteiger partial charge in [-0.3, -0.25) is 9.69 Å². The summed E-state index contributed by atoms with van der Waals surface area (Å²) in [7, 11) is 0. The van der Waals surface area contributed by atoms with E-state index in [0.717, 1.165) is 68.8 Å². The van der Waals surface area contributed by atoms with Crippen LogP contribution in [-0.2, 0) is 4.79 Å². The Morgan fingerprint density at radius 2 is 1.79 bits per heavy atom. The van der Waals surface area contributed by atoms with Gasteiger partial charge in [-0.15, -0.1) is 0 Å². The maximum Gasteiger partial charge on any atom is 0.221 e. The predicted molar refractivity (Wildman–Crippen MR) is 139 cm³/mol. The number of primary amides is 1. The normalized spacial score (nSPS) is 21.1. The fourth-order valence-electron chi connectivity index (χ4n) is 5.04. The first-order valence-electron chi connectivity index (χ1n) is 11.6. The number of nitrogens with zero attached hydrogens (tertiary/aromatic N) is 2. The number of nitrogens with two attached hydrogens (primary N) is 1. The van der Waals surface area contributed by atoms with Gasteiger partial charge in [-0.1, -0.05) is 40.9 Å². The Morgan fingerprint density at radius 1 is 1.03 bits per heavy atom. The van der Waals surface area contributed by atoms with Gasteiger partial charge in [-0.05, 0) is 75.0 Å². The fourth-order valence-corrected chi connectivity index (χ4v) is 5.79. The van der Waals surface area contributed by atoms with Gasteiger partial charge in [0.1, 0.15) is 0 Å². The highest BCUT2D eigenvalue weighted by Gasteiger charge is 2.31. The summed E-state index contributed by atoms with van der Waals surface area (Å²) in [6, 6.07) is 12.2. The van der Waals surface area contributed by atoms with Crippen molar-refractivity contribution in [2.75, 3.05) is 36.4 Å². The molecule has 5 nitrogen and oxygen atoms in total. The first-order valence-corrected chi connectivity index (χ1v) is 12.7. The molecule has 0 aromatic heterocycles. The molecule has 2 unspecified atom stereocenters. The molecule has 8 heteroatoms. The zero-order valence-corrected chi connectivity index (χ0v) is 21.1. The van der Waals surface area contributed by atoms with Gasteiger partial charge in [0.05, 0.1) is 22.7 Å². The molecule has 2 aromatic rings. The number of benzene rings is 2. The number of amides is 1. The maximum atomic E-state index is 11.6. The monoisotopic (exact) mass is 508 g/mol. The number of hydrogen-bond donors (Lipinski definition) is 2. The van der Waals surface area contributed by atoms with E-state index in [2.05, 4.69) is 34.2 Å². The van der Waals surface area contributed by atoms with Crippen LogP contribution in [0.3, 0.4) is 0 Å². The summed E-state index contributed by atoms with van der Waals surface area (Å²) < 4.78 is 0. The molecule has 2 aliphatic heterocycles. The van der Waals surface area contributed by atoms with Gasteiger partial charge >= 0.3 is 0 Å². The van der Waals surface area contributed by atoms with Crippen LogP contribution in [0.1, 0.15) is 44.2 Å². The molecule has 2 fully saturated rings. The third-order valence-electron chi connectivity index (χ3n) is 6.95. The van der Waals surface area contributed by atoms with Gasteiger partial charge < -0.3 is 16.0 Å². The third-order valence-corrected chi connectivity index (χ3v) is 7.84. The van der Waals surface area contributed by atoms with Crippen LogP contribution in [0.5, 0.6) is 0 Å². The smallest absolute Gasteiger partial charge is 0.221 e. The number of rotatable bonds is 6. The highest BCUT2D eigenvalue weighted by Crippen LogP contribution is 2.34. The number of nitrogens with one attached hydrogen (secondary N) is 1. The minimum atomic E-state index is -0.160. The number of halogens is 3. The van der Waals surface area contributed by atoms with Crippen LogP contribution in [0.4, 0.5) is 11.4 Å². The molecule has 0 spiro atoms. The van der Waals surface area contributed by atoms with E-state index in [-0.39, 0.29) is 17.9 Å². The molecule has 0 radical (unpaired) electrons. The summed E-state index contributed by atoms with van der Waals surface area (Å²) in [5.74, 6) is -0.162. The van der Waals surface area contributed by atoms with Crippen molar-refractivity contribution in [3.8, 4) is 0 Å². The van der Waals surface area contributed by atoms with Gasteiger partial charge in [-0.2, -0.15) is 0 Å². The molecule has 2 aromatic carbocycles. The number of carbonyl (C=O) groups excluding carboxylic acids is 1. The van der Waals surface area contributed by atoms with E-state index in [9.17, 15) is 4.79 Å². The number of piperidine rings is 2. The van der Waals surface area contributed by atoms with Crippen LogP contribution in [0.2, 0.25) is 15.1 Å². The Bertz CT molecular complexity index is 994. The highest BCUT2D eigenvalue weighted by molar-refractivity contribution is 6.35. The molecular formula is C25H31Cl3N4O. The molecule has 0 aliphatic carbocycles. The second-order valence-corrected chi connectivity index (χ2v) is 10.4. The van der Waals surface area contributed by atoms with E-state index in [4.69, 9.17) is 40.5 Å². The van der Waals surface area contributed by atoms with Crippen LogP contribution in [-0.4, -0.2) is 43.0 Å². The topological polar surface area (TPSA) is 61.6 Å².